The van der Waals surface area contributed by atoms with Crippen molar-refractivity contribution in [3.8, 4) is 0 Å². The Kier molecular flexibility index (Phi) is 19.6. The number of ketones is 2. The predicted octanol–water partition coefficient (Wildman–Crippen LogP) is 5.59. The normalized spacial score (nSPS) is 23.3. The van der Waals surface area contributed by atoms with E-state index in [4.69, 9.17) is 15.0 Å². The fourth-order valence-electron chi connectivity index (χ4n) is 10.5. The van der Waals surface area contributed by atoms with E-state index in [0.717, 1.165) is 31.2 Å². The van der Waals surface area contributed by atoms with Gasteiger partial charge in [-0.1, -0.05) is 76.5 Å². The molecule has 17 heteroatoms. The molecule has 2 aliphatic heterocycles. The van der Waals surface area contributed by atoms with Crippen LogP contribution in [0.3, 0.4) is 0 Å². The van der Waals surface area contributed by atoms with Crippen LogP contribution in [0.1, 0.15) is 104 Å². The van der Waals surface area contributed by atoms with E-state index >= 15 is 0 Å². The number of azide groups is 1. The van der Waals surface area contributed by atoms with E-state index in [1.807, 2.05) is 40.8 Å². The zero-order valence-electron chi connectivity index (χ0n) is 39.0. The van der Waals surface area contributed by atoms with Crippen molar-refractivity contribution in [3.05, 3.63) is 46.3 Å². The number of methoxy groups -OCH3 is 2. The lowest BCUT2D eigenvalue weighted by Gasteiger charge is -2.41. The monoisotopic (exact) mass is 900 g/mol. The van der Waals surface area contributed by atoms with Crippen molar-refractivity contribution in [2.75, 3.05) is 47.2 Å². The number of amides is 3. The van der Waals surface area contributed by atoms with Crippen LogP contribution in [0.2, 0.25) is 0 Å². The van der Waals surface area contributed by atoms with Gasteiger partial charge in [-0.3, -0.25) is 33.6 Å². The molecule has 1 N–H and O–H groups in total. The predicted molar refractivity (Wildman–Crippen MR) is 241 cm³/mol. The molecule has 0 unspecified atom stereocenters. The number of hydrogen-bond donors (Lipinski definition) is 1. The number of carbonyl (C=O) groups is 5. The Balaban J connectivity index is 1.48. The van der Waals surface area contributed by atoms with Gasteiger partial charge in [0.1, 0.15) is 5.78 Å². The molecule has 3 amide bonds. The number of likely N-dealkylation sites (N-methyl/N-ethyl adjacent to an activating group) is 2. The maximum atomic E-state index is 14.5. The standard InChI is InChI=1S/C46H73N7O9S/c1-10-30(4)42(52(7)46(58)36(29(2)3)27-39(55)43-33-19-20-35(25-33)51(43)6)40(61-8)28-41(56)53-22-14-18-37(53)44(62-9)31(5)38(54)26-34(24-32-16-12-11-13-17-32)45(57)49-63(59,60)23-15-21-48-50-47/h11-13,16-17,29-31,33-37,40,42-44H,10,14-15,18-28H2,1-9H3,(H,49,57)/t30-,31-,33-,34+,35+,36-,37-,40+,42-,43-,44+/m0/s1. The second-order valence-corrected chi connectivity index (χ2v) is 20.4. The Hall–Kier alpha value is -3.89. The molecular weight excluding hydrogens is 827 g/mol. The van der Waals surface area contributed by atoms with Gasteiger partial charge in [-0.25, -0.2) is 8.42 Å². The highest BCUT2D eigenvalue weighted by Crippen LogP contribution is 2.42. The zero-order chi connectivity index (χ0) is 46.6. The van der Waals surface area contributed by atoms with Gasteiger partial charge >= 0.3 is 0 Å². The quantitative estimate of drug-likeness (QED) is 0.0528. The van der Waals surface area contributed by atoms with Gasteiger partial charge in [0.15, 0.2) is 5.78 Å². The van der Waals surface area contributed by atoms with Gasteiger partial charge in [0.2, 0.25) is 27.7 Å². The molecule has 0 aromatic heterocycles. The Morgan fingerprint density at radius 2 is 1.70 bits per heavy atom. The number of hydrogen-bond acceptors (Lipinski definition) is 11. The number of fused-ring (bicyclic) bond motifs is 2. The lowest BCUT2D eigenvalue weighted by Crippen LogP contribution is -2.54. The molecule has 11 atom stereocenters. The Morgan fingerprint density at radius 1 is 1.00 bits per heavy atom. The van der Waals surface area contributed by atoms with Gasteiger partial charge in [-0.15, -0.1) is 0 Å². The topological polar surface area (TPSA) is 208 Å². The van der Waals surface area contributed by atoms with Crippen LogP contribution in [0.25, 0.3) is 10.4 Å². The van der Waals surface area contributed by atoms with Crippen LogP contribution in [-0.4, -0.2) is 136 Å². The smallest absolute Gasteiger partial charge is 0.237 e. The number of benzene rings is 1. The molecule has 63 heavy (non-hydrogen) atoms. The Morgan fingerprint density at radius 3 is 2.29 bits per heavy atom. The molecule has 4 rings (SSSR count). The molecule has 1 aromatic rings. The molecule has 0 radical (unpaired) electrons. The van der Waals surface area contributed by atoms with E-state index in [9.17, 15) is 32.4 Å². The van der Waals surface area contributed by atoms with Crippen molar-refractivity contribution in [1.29, 1.82) is 0 Å². The molecule has 2 saturated heterocycles. The summed E-state index contributed by atoms with van der Waals surface area (Å²) in [7, 11) is 2.77. The third kappa shape index (κ3) is 13.3. The molecule has 0 spiro atoms. The minimum absolute atomic E-state index is 0.0176. The molecule has 2 bridgehead atoms. The highest BCUT2D eigenvalue weighted by atomic mass is 32.2. The third-order valence-corrected chi connectivity index (χ3v) is 15.6. The first-order valence-electron chi connectivity index (χ1n) is 22.9. The number of rotatable bonds is 26. The van der Waals surface area contributed by atoms with Crippen molar-refractivity contribution in [2.45, 2.75) is 142 Å². The fourth-order valence-corrected chi connectivity index (χ4v) is 11.6. The van der Waals surface area contributed by atoms with Crippen LogP contribution in [0.5, 0.6) is 0 Å². The van der Waals surface area contributed by atoms with Gasteiger partial charge in [0.25, 0.3) is 0 Å². The number of nitrogens with zero attached hydrogens (tertiary/aromatic N) is 6. The molecular formula is C46H73N7O9S. The molecule has 352 valence electrons. The number of piperidine rings is 1. The summed E-state index contributed by atoms with van der Waals surface area (Å²) in [5, 5.41) is 3.35. The molecule has 1 aliphatic carbocycles. The number of ether oxygens (including phenoxy) is 2. The van der Waals surface area contributed by atoms with Crippen LogP contribution < -0.4 is 4.72 Å². The number of sulfonamides is 1. The second kappa shape index (κ2) is 23.9. The summed E-state index contributed by atoms with van der Waals surface area (Å²) in [6, 6.07) is 8.40. The van der Waals surface area contributed by atoms with Gasteiger partial charge in [-0.2, -0.15) is 0 Å². The van der Waals surface area contributed by atoms with Gasteiger partial charge in [0, 0.05) is 75.9 Å². The average Bonchev–Trinajstić information content (AvgIpc) is 4.01. The SMILES string of the molecule is CC[C@H](C)[C@@H]([C@@H](CC(=O)N1CCC[C@H]1[C@H](OC)[C@@H](C)C(=O)C[C@@H](Cc1ccccc1)C(=O)NS(=O)(=O)CCCN=[N+]=[N-])OC)N(C)C(=O)[C@@H](CC(=O)[C@@H]1[C@H]2CC[C@H](C2)N1C)C(C)C. The summed E-state index contributed by atoms with van der Waals surface area (Å²) in [5.74, 6) is -3.79. The summed E-state index contributed by atoms with van der Waals surface area (Å²) < 4.78 is 39.8. The average molecular weight is 900 g/mol. The minimum Gasteiger partial charge on any atom is -0.379 e. The number of nitrogens with one attached hydrogen (secondary N) is 1. The van der Waals surface area contributed by atoms with E-state index in [1.54, 1.807) is 55.1 Å². The van der Waals surface area contributed by atoms with Crippen LogP contribution in [0.15, 0.2) is 35.4 Å². The Labute approximate surface area is 375 Å². The van der Waals surface area contributed by atoms with Gasteiger partial charge in [-0.05, 0) is 80.8 Å². The summed E-state index contributed by atoms with van der Waals surface area (Å²) in [5.41, 5.74) is 9.27. The lowest BCUT2D eigenvalue weighted by molar-refractivity contribution is -0.149. The molecule has 1 saturated carbocycles. The summed E-state index contributed by atoms with van der Waals surface area (Å²) in [6.07, 6.45) is 3.85. The number of Topliss-reactive ketones (excluding diaryl/α,β-unsaturated/α-hetero) is 2. The molecule has 3 fully saturated rings. The van der Waals surface area contributed by atoms with Crippen LogP contribution in [-0.2, 0) is 49.9 Å². The molecule has 2 heterocycles. The molecule has 1 aromatic carbocycles. The summed E-state index contributed by atoms with van der Waals surface area (Å²) in [6.45, 7) is 10.2. The van der Waals surface area contributed by atoms with E-state index < -0.39 is 63.7 Å². The van der Waals surface area contributed by atoms with E-state index in [-0.39, 0.29) is 79.9 Å². The van der Waals surface area contributed by atoms with E-state index in [2.05, 4.69) is 19.6 Å². The molecule has 16 nitrogen and oxygen atoms in total. The first kappa shape index (κ1) is 51.7. The van der Waals surface area contributed by atoms with Crippen LogP contribution >= 0.6 is 0 Å². The lowest BCUT2D eigenvalue weighted by atomic mass is 9.83. The summed E-state index contributed by atoms with van der Waals surface area (Å²) in [4.78, 5) is 78.6. The van der Waals surface area contributed by atoms with E-state index in [1.165, 1.54) is 7.11 Å². The minimum atomic E-state index is -4.07. The second-order valence-electron chi connectivity index (χ2n) is 18.6. The molecule has 3 aliphatic rings. The van der Waals surface area contributed by atoms with Crippen molar-refractivity contribution in [3.63, 3.8) is 0 Å². The van der Waals surface area contributed by atoms with Gasteiger partial charge < -0.3 is 19.3 Å². The highest BCUT2D eigenvalue weighted by Gasteiger charge is 2.48. The third-order valence-electron chi connectivity index (χ3n) is 14.3. The van der Waals surface area contributed by atoms with Crippen molar-refractivity contribution < 1.29 is 41.9 Å². The fraction of sp³-hybridized carbons (Fsp3) is 0.761. The van der Waals surface area contributed by atoms with Crippen LogP contribution in [0, 0.1) is 35.5 Å². The largest absolute Gasteiger partial charge is 0.379 e. The summed E-state index contributed by atoms with van der Waals surface area (Å²) >= 11 is 0. The van der Waals surface area contributed by atoms with Gasteiger partial charge in [0.05, 0.1) is 42.5 Å². The van der Waals surface area contributed by atoms with Crippen molar-refractivity contribution in [2.24, 2.45) is 40.6 Å². The van der Waals surface area contributed by atoms with Crippen LogP contribution in [0.4, 0.5) is 0 Å². The first-order valence-corrected chi connectivity index (χ1v) is 24.5. The van der Waals surface area contributed by atoms with E-state index in [0.29, 0.717) is 31.3 Å². The number of carbonyl (C=O) groups excluding carboxylic acids is 5. The first-order chi connectivity index (χ1) is 29.9. The van der Waals surface area contributed by atoms with Crippen molar-refractivity contribution >= 4 is 39.3 Å². The number of likely N-dealkylation sites (tertiary alicyclic amines) is 2. The maximum absolute atomic E-state index is 14.5. The zero-order valence-corrected chi connectivity index (χ0v) is 39.8. The maximum Gasteiger partial charge on any atom is 0.237 e. The Bertz CT molecular complexity index is 1880. The highest BCUT2D eigenvalue weighted by molar-refractivity contribution is 7.90. The van der Waals surface area contributed by atoms with Crippen molar-refractivity contribution in [1.82, 2.24) is 19.4 Å².